The number of aliphatic hydroxyl groups excluding tert-OH is 5. The summed E-state index contributed by atoms with van der Waals surface area (Å²) in [6.45, 7) is 2.28. The van der Waals surface area contributed by atoms with Gasteiger partial charge in [-0.2, -0.15) is 0 Å². The number of aliphatic hydroxyl groups is 6. The predicted molar refractivity (Wildman–Crippen MR) is 101 cm³/mol. The summed E-state index contributed by atoms with van der Waals surface area (Å²) in [5.41, 5.74) is -0.835. The van der Waals surface area contributed by atoms with E-state index in [4.69, 9.17) is 24.1 Å². The van der Waals surface area contributed by atoms with E-state index < -0.39 is 55.3 Å². The molecule has 10 nitrogen and oxygen atoms in total. The molecule has 2 saturated heterocycles. The van der Waals surface area contributed by atoms with E-state index in [9.17, 15) is 25.5 Å². The van der Waals surface area contributed by atoms with Gasteiger partial charge >= 0.3 is 0 Å². The van der Waals surface area contributed by atoms with Gasteiger partial charge in [0.2, 0.25) is 6.29 Å². The fourth-order valence-corrected chi connectivity index (χ4v) is 3.28. The lowest BCUT2D eigenvalue weighted by molar-refractivity contribution is -0.289. The van der Waals surface area contributed by atoms with E-state index in [1.165, 1.54) is 0 Å². The summed E-state index contributed by atoms with van der Waals surface area (Å²) in [6.07, 6.45) is -7.31. The van der Waals surface area contributed by atoms with E-state index in [-0.39, 0.29) is 13.2 Å². The number of allylic oxidation sites excluding steroid dienone is 1. The summed E-state index contributed by atoms with van der Waals surface area (Å²) < 4.78 is 21.7. The maximum atomic E-state index is 10.2. The first-order valence-corrected chi connectivity index (χ1v) is 9.59. The number of hydrogen-bond donors (Lipinski definition) is 6. The summed E-state index contributed by atoms with van der Waals surface area (Å²) >= 11 is 0. The maximum Gasteiger partial charge on any atom is 0.229 e. The zero-order valence-electron chi connectivity index (χ0n) is 16.3. The standard InChI is InChI=1S/C20H28O10/c1-2-3-11-4-6-12(7-5-11)29-18-16(24)15(23)14(22)13(30-18)8-27-19-17(25)20(26,9-21)10-28-19/h2,4-7,13-19,21-26H,1,3,8-10H2/t13?,14-,15+,16?,17-,18-,19-,20?/m1/s1. The second kappa shape index (κ2) is 9.69. The molecule has 1 aromatic rings. The lowest BCUT2D eigenvalue weighted by atomic mass is 9.99. The van der Waals surface area contributed by atoms with Crippen molar-refractivity contribution in [2.75, 3.05) is 19.8 Å². The lowest BCUT2D eigenvalue weighted by Crippen LogP contribution is -2.60. The second-order valence-corrected chi connectivity index (χ2v) is 7.49. The van der Waals surface area contributed by atoms with Crippen molar-refractivity contribution in [2.45, 2.75) is 55.1 Å². The van der Waals surface area contributed by atoms with Gasteiger partial charge in [-0.05, 0) is 24.1 Å². The number of benzene rings is 1. The normalized spacial score (nSPS) is 39.1. The van der Waals surface area contributed by atoms with Crippen molar-refractivity contribution in [1.29, 1.82) is 0 Å². The molecule has 3 rings (SSSR count). The van der Waals surface area contributed by atoms with Gasteiger partial charge in [0.05, 0.1) is 19.8 Å². The molecule has 0 bridgehead atoms. The summed E-state index contributed by atoms with van der Waals surface area (Å²) in [4.78, 5) is 0. The number of ether oxygens (including phenoxy) is 4. The van der Waals surface area contributed by atoms with Crippen LogP contribution < -0.4 is 4.74 Å². The van der Waals surface area contributed by atoms with Crippen LogP contribution in [0, 0.1) is 0 Å². The van der Waals surface area contributed by atoms with Gasteiger partial charge in [-0.25, -0.2) is 0 Å². The molecule has 1 aromatic carbocycles. The topological polar surface area (TPSA) is 158 Å². The van der Waals surface area contributed by atoms with Crippen molar-refractivity contribution in [2.24, 2.45) is 0 Å². The highest BCUT2D eigenvalue weighted by Gasteiger charge is 2.50. The third kappa shape index (κ3) is 4.83. The van der Waals surface area contributed by atoms with Gasteiger partial charge < -0.3 is 49.6 Å². The molecule has 0 aliphatic carbocycles. The lowest BCUT2D eigenvalue weighted by Gasteiger charge is -2.40. The molecule has 3 unspecified atom stereocenters. The Morgan fingerprint density at radius 2 is 1.77 bits per heavy atom. The predicted octanol–water partition coefficient (Wildman–Crippen LogP) is -1.94. The highest BCUT2D eigenvalue weighted by Crippen LogP contribution is 2.28. The van der Waals surface area contributed by atoms with Crippen LogP contribution in [0.5, 0.6) is 5.75 Å². The maximum absolute atomic E-state index is 10.2. The molecule has 10 heteroatoms. The first kappa shape index (κ1) is 23.1. The van der Waals surface area contributed by atoms with E-state index in [0.717, 1.165) is 5.56 Å². The fourth-order valence-electron chi connectivity index (χ4n) is 3.28. The van der Waals surface area contributed by atoms with Gasteiger partial charge in [-0.1, -0.05) is 18.2 Å². The molecular weight excluding hydrogens is 400 g/mol. The Morgan fingerprint density at radius 1 is 1.07 bits per heavy atom. The Hall–Kier alpha value is -1.60. The molecule has 8 atom stereocenters. The Balaban J connectivity index is 1.61. The molecule has 30 heavy (non-hydrogen) atoms. The van der Waals surface area contributed by atoms with Crippen LogP contribution in [0.4, 0.5) is 0 Å². The van der Waals surface area contributed by atoms with E-state index in [0.29, 0.717) is 12.2 Å². The average molecular weight is 428 g/mol. The van der Waals surface area contributed by atoms with Crippen LogP contribution >= 0.6 is 0 Å². The molecule has 0 amide bonds. The monoisotopic (exact) mass is 428 g/mol. The van der Waals surface area contributed by atoms with Gasteiger partial charge in [-0.3, -0.25) is 0 Å². The molecule has 6 N–H and O–H groups in total. The summed E-state index contributed by atoms with van der Waals surface area (Å²) in [6, 6.07) is 6.99. The van der Waals surface area contributed by atoms with E-state index in [1.807, 2.05) is 12.1 Å². The Morgan fingerprint density at radius 3 is 2.37 bits per heavy atom. The van der Waals surface area contributed by atoms with Crippen LogP contribution in [-0.4, -0.2) is 99.2 Å². The van der Waals surface area contributed by atoms with E-state index in [2.05, 4.69) is 6.58 Å². The zero-order chi connectivity index (χ0) is 21.9. The van der Waals surface area contributed by atoms with Crippen molar-refractivity contribution >= 4 is 0 Å². The minimum absolute atomic E-state index is 0.335. The molecule has 168 valence electrons. The van der Waals surface area contributed by atoms with Gasteiger partial charge in [0.15, 0.2) is 6.29 Å². The Kier molecular flexibility index (Phi) is 7.45. The van der Waals surface area contributed by atoms with Crippen LogP contribution in [0.25, 0.3) is 0 Å². The van der Waals surface area contributed by atoms with Gasteiger partial charge in [0.1, 0.15) is 41.9 Å². The van der Waals surface area contributed by atoms with Crippen LogP contribution in [0.3, 0.4) is 0 Å². The number of rotatable bonds is 8. The fraction of sp³-hybridized carbons (Fsp3) is 0.600. The first-order valence-electron chi connectivity index (χ1n) is 9.59. The largest absolute Gasteiger partial charge is 0.462 e. The molecule has 0 spiro atoms. The van der Waals surface area contributed by atoms with Crippen molar-refractivity contribution in [1.82, 2.24) is 0 Å². The third-order valence-electron chi connectivity index (χ3n) is 5.23. The Bertz CT molecular complexity index is 697. The first-order chi connectivity index (χ1) is 14.3. The molecule has 0 aromatic heterocycles. The van der Waals surface area contributed by atoms with E-state index in [1.54, 1.807) is 18.2 Å². The number of hydrogen-bond acceptors (Lipinski definition) is 10. The highest BCUT2D eigenvalue weighted by molar-refractivity contribution is 5.28. The summed E-state index contributed by atoms with van der Waals surface area (Å²) in [5, 5.41) is 59.7. The van der Waals surface area contributed by atoms with Crippen molar-refractivity contribution in [3.63, 3.8) is 0 Å². The molecule has 0 saturated carbocycles. The molecule has 2 aliphatic rings. The zero-order valence-corrected chi connectivity index (χ0v) is 16.3. The summed E-state index contributed by atoms with van der Waals surface area (Å²) in [7, 11) is 0. The van der Waals surface area contributed by atoms with Gasteiger partial charge in [0, 0.05) is 0 Å². The van der Waals surface area contributed by atoms with Gasteiger partial charge in [-0.15, -0.1) is 6.58 Å². The van der Waals surface area contributed by atoms with Crippen LogP contribution in [0.2, 0.25) is 0 Å². The molecule has 2 heterocycles. The minimum Gasteiger partial charge on any atom is -0.462 e. The molecular formula is C20H28O10. The van der Waals surface area contributed by atoms with Crippen LogP contribution in [-0.2, 0) is 20.6 Å². The highest BCUT2D eigenvalue weighted by atomic mass is 16.7. The van der Waals surface area contributed by atoms with Gasteiger partial charge in [0.25, 0.3) is 0 Å². The molecule has 2 aliphatic heterocycles. The smallest absolute Gasteiger partial charge is 0.229 e. The third-order valence-corrected chi connectivity index (χ3v) is 5.23. The molecule has 0 radical (unpaired) electrons. The average Bonchev–Trinajstić information content (AvgIpc) is 3.04. The summed E-state index contributed by atoms with van der Waals surface area (Å²) in [5.74, 6) is 0.387. The second-order valence-electron chi connectivity index (χ2n) is 7.49. The molecule has 2 fully saturated rings. The SMILES string of the molecule is C=CCc1ccc(O[C@@H]2OC(CO[C@@H]3OCC(O)(CO)[C@@H]3O)[C@@H](O)[C@H](O)C2O)cc1. The van der Waals surface area contributed by atoms with Crippen molar-refractivity contribution in [3.8, 4) is 5.75 Å². The van der Waals surface area contributed by atoms with Crippen LogP contribution in [0.15, 0.2) is 36.9 Å². The Labute approximate surface area is 173 Å². The van der Waals surface area contributed by atoms with Crippen molar-refractivity contribution < 1.29 is 49.6 Å². The minimum atomic E-state index is -1.85. The van der Waals surface area contributed by atoms with Crippen molar-refractivity contribution in [3.05, 3.63) is 42.5 Å². The quantitative estimate of drug-likeness (QED) is 0.257. The van der Waals surface area contributed by atoms with E-state index >= 15 is 0 Å². The van der Waals surface area contributed by atoms with Crippen LogP contribution in [0.1, 0.15) is 5.56 Å².